The van der Waals surface area contributed by atoms with Crippen LogP contribution in [0.1, 0.15) is 39.4 Å². The molecule has 1 aliphatic rings. The van der Waals surface area contributed by atoms with E-state index in [1.54, 1.807) is 24.3 Å². The number of ketones is 1. The van der Waals surface area contributed by atoms with Gasteiger partial charge in [0.2, 0.25) is 0 Å². The van der Waals surface area contributed by atoms with Gasteiger partial charge < -0.3 is 4.74 Å². The summed E-state index contributed by atoms with van der Waals surface area (Å²) in [5.41, 5.74) is 4.16. The summed E-state index contributed by atoms with van der Waals surface area (Å²) in [6.07, 6.45) is -0.529. The number of halogens is 2. The van der Waals surface area contributed by atoms with Gasteiger partial charge in [0.25, 0.3) is 0 Å². The summed E-state index contributed by atoms with van der Waals surface area (Å²) in [5, 5.41) is 0.798. The fourth-order valence-corrected chi connectivity index (χ4v) is 4.96. The van der Waals surface area contributed by atoms with E-state index in [1.807, 2.05) is 84.9 Å². The monoisotopic (exact) mass is 512 g/mol. The molecule has 0 bridgehead atoms. The molecule has 0 radical (unpaired) electrons. The lowest BCUT2D eigenvalue weighted by Crippen LogP contribution is -2.24. The molecule has 0 amide bonds. The lowest BCUT2D eigenvalue weighted by atomic mass is 9.81. The highest BCUT2D eigenvalue weighted by Gasteiger charge is 2.41. The third-order valence-corrected chi connectivity index (χ3v) is 7.12. The quantitative estimate of drug-likeness (QED) is 0.187. The van der Waals surface area contributed by atoms with E-state index in [4.69, 9.17) is 27.9 Å². The number of rotatable bonds is 7. The Bertz CT molecular complexity index is 1430. The van der Waals surface area contributed by atoms with Crippen LogP contribution in [0.25, 0.3) is 11.1 Å². The molecule has 0 N–H and O–H groups in total. The average Bonchev–Trinajstić information content (AvgIpc) is 3.26. The molecule has 3 nitrogen and oxygen atoms in total. The van der Waals surface area contributed by atoms with Crippen molar-refractivity contribution < 1.29 is 14.3 Å². The number of carbonyl (C=O) groups is 2. The first-order valence-corrected chi connectivity index (χ1v) is 12.4. The number of carbonyl (C=O) groups excluding carboxylic acids is 2. The SMILES string of the molecule is O=C1O[C@@H]([C@@H](CC(=O)c2ccccc2)c2ccccc2)C(c2ccc(Cl)c(Cl)c2)=C1c1ccccc1. The summed E-state index contributed by atoms with van der Waals surface area (Å²) in [6, 6.07) is 33.6. The topological polar surface area (TPSA) is 43.4 Å². The normalized spacial score (nSPS) is 16.1. The average molecular weight is 513 g/mol. The van der Waals surface area contributed by atoms with Crippen LogP contribution in [0.2, 0.25) is 10.0 Å². The van der Waals surface area contributed by atoms with Gasteiger partial charge in [-0.1, -0.05) is 120 Å². The molecule has 5 heteroatoms. The molecule has 0 fully saturated rings. The van der Waals surface area contributed by atoms with Crippen molar-refractivity contribution in [1.82, 2.24) is 0 Å². The number of esters is 1. The molecule has 1 heterocycles. The summed E-state index contributed by atoms with van der Waals surface area (Å²) < 4.78 is 6.08. The lowest BCUT2D eigenvalue weighted by molar-refractivity contribution is -0.138. The second kappa shape index (κ2) is 10.5. The van der Waals surface area contributed by atoms with Crippen molar-refractivity contribution in [2.75, 3.05) is 0 Å². The van der Waals surface area contributed by atoms with Crippen molar-refractivity contribution in [2.24, 2.45) is 0 Å². The number of benzene rings is 4. The third-order valence-electron chi connectivity index (χ3n) is 6.38. The first-order chi connectivity index (χ1) is 17.5. The van der Waals surface area contributed by atoms with Crippen LogP contribution < -0.4 is 0 Å². The molecule has 0 spiro atoms. The fraction of sp³-hybridized carbons (Fsp3) is 0.0968. The van der Waals surface area contributed by atoms with E-state index < -0.39 is 18.0 Å². The number of hydrogen-bond donors (Lipinski definition) is 0. The van der Waals surface area contributed by atoms with Crippen molar-refractivity contribution in [1.29, 1.82) is 0 Å². The molecular formula is C31H22Cl2O3. The Kier molecular flexibility index (Phi) is 7.04. The predicted octanol–water partition coefficient (Wildman–Crippen LogP) is 7.89. The van der Waals surface area contributed by atoms with Crippen LogP contribution in [-0.2, 0) is 9.53 Å². The minimum Gasteiger partial charge on any atom is -0.453 e. The van der Waals surface area contributed by atoms with Gasteiger partial charge in [-0.25, -0.2) is 4.79 Å². The Hall–Kier alpha value is -3.66. The van der Waals surface area contributed by atoms with Gasteiger partial charge in [0.15, 0.2) is 5.78 Å². The van der Waals surface area contributed by atoms with Gasteiger partial charge in [0.05, 0.1) is 15.6 Å². The number of hydrogen-bond acceptors (Lipinski definition) is 3. The van der Waals surface area contributed by atoms with Crippen LogP contribution >= 0.6 is 23.2 Å². The molecule has 0 unspecified atom stereocenters. The maximum atomic E-state index is 13.4. The molecule has 4 aromatic rings. The van der Waals surface area contributed by atoms with Gasteiger partial charge in [-0.15, -0.1) is 0 Å². The van der Waals surface area contributed by atoms with Crippen molar-refractivity contribution in [2.45, 2.75) is 18.4 Å². The Morgan fingerprint density at radius 3 is 2.00 bits per heavy atom. The van der Waals surface area contributed by atoms with E-state index in [9.17, 15) is 9.59 Å². The van der Waals surface area contributed by atoms with Gasteiger partial charge in [-0.05, 0) is 28.8 Å². The zero-order valence-corrected chi connectivity index (χ0v) is 20.7. The predicted molar refractivity (Wildman–Crippen MR) is 144 cm³/mol. The fourth-order valence-electron chi connectivity index (χ4n) is 4.66. The Balaban J connectivity index is 1.67. The molecule has 178 valence electrons. The van der Waals surface area contributed by atoms with Crippen LogP contribution in [0.4, 0.5) is 0 Å². The molecule has 1 aliphatic heterocycles. The minimum atomic E-state index is -0.694. The van der Waals surface area contributed by atoms with Crippen LogP contribution in [0.3, 0.4) is 0 Å². The second-order valence-electron chi connectivity index (χ2n) is 8.62. The smallest absolute Gasteiger partial charge is 0.339 e. The maximum absolute atomic E-state index is 13.4. The molecular weight excluding hydrogens is 491 g/mol. The van der Waals surface area contributed by atoms with Crippen molar-refractivity contribution in [3.8, 4) is 0 Å². The summed E-state index contributed by atoms with van der Waals surface area (Å²) in [7, 11) is 0. The van der Waals surface area contributed by atoms with E-state index in [0.717, 1.165) is 16.7 Å². The molecule has 0 saturated carbocycles. The maximum Gasteiger partial charge on any atom is 0.339 e. The van der Waals surface area contributed by atoms with E-state index in [0.29, 0.717) is 26.8 Å². The van der Waals surface area contributed by atoms with E-state index in [2.05, 4.69) is 0 Å². The lowest BCUT2D eigenvalue weighted by Gasteiger charge is -2.26. The Morgan fingerprint density at radius 1 is 0.750 bits per heavy atom. The highest BCUT2D eigenvalue weighted by molar-refractivity contribution is 6.42. The molecule has 0 aliphatic carbocycles. The van der Waals surface area contributed by atoms with Crippen LogP contribution in [0, 0.1) is 0 Å². The highest BCUT2D eigenvalue weighted by atomic mass is 35.5. The van der Waals surface area contributed by atoms with Crippen molar-refractivity contribution in [3.05, 3.63) is 141 Å². The Morgan fingerprint density at radius 2 is 1.36 bits per heavy atom. The van der Waals surface area contributed by atoms with Gasteiger partial charge in [-0.2, -0.15) is 0 Å². The first-order valence-electron chi connectivity index (χ1n) is 11.6. The summed E-state index contributed by atoms with van der Waals surface area (Å²) in [4.78, 5) is 26.8. The molecule has 0 aromatic heterocycles. The molecule has 36 heavy (non-hydrogen) atoms. The van der Waals surface area contributed by atoms with Crippen LogP contribution in [0.5, 0.6) is 0 Å². The van der Waals surface area contributed by atoms with Crippen LogP contribution in [-0.4, -0.2) is 17.9 Å². The highest BCUT2D eigenvalue weighted by Crippen LogP contribution is 2.45. The summed E-state index contributed by atoms with van der Waals surface area (Å²) >= 11 is 12.6. The second-order valence-corrected chi connectivity index (χ2v) is 9.43. The Labute approximate surface area is 220 Å². The molecule has 4 aromatic carbocycles. The van der Waals surface area contributed by atoms with E-state index >= 15 is 0 Å². The van der Waals surface area contributed by atoms with E-state index in [1.165, 1.54) is 0 Å². The van der Waals surface area contributed by atoms with E-state index in [-0.39, 0.29) is 12.2 Å². The molecule has 0 saturated heterocycles. The number of cyclic esters (lactones) is 1. The number of ether oxygens (including phenoxy) is 1. The van der Waals surface area contributed by atoms with Crippen molar-refractivity contribution in [3.63, 3.8) is 0 Å². The van der Waals surface area contributed by atoms with Gasteiger partial charge >= 0.3 is 5.97 Å². The molecule has 2 atom stereocenters. The van der Waals surface area contributed by atoms with Gasteiger partial charge in [-0.3, -0.25) is 4.79 Å². The minimum absolute atomic E-state index is 0.0258. The van der Waals surface area contributed by atoms with Crippen LogP contribution in [0.15, 0.2) is 109 Å². The zero-order chi connectivity index (χ0) is 25.1. The first kappa shape index (κ1) is 24.1. The summed E-state index contributed by atoms with van der Waals surface area (Å²) in [6.45, 7) is 0. The zero-order valence-electron chi connectivity index (χ0n) is 19.2. The third kappa shape index (κ3) is 4.86. The number of Topliss-reactive ketones (excluding diaryl/α,β-unsaturated/α-hetero) is 1. The molecule has 5 rings (SSSR count). The standard InChI is InChI=1S/C31H22Cl2O3/c32-25-17-16-23(18-26(25)33)28-29(22-14-8-3-9-15-22)31(35)36-30(28)24(20-10-4-1-5-11-20)19-27(34)21-12-6-2-7-13-21/h1-18,24,30H,19H2/t24-,30-/m0/s1. The largest absolute Gasteiger partial charge is 0.453 e. The van der Waals surface area contributed by atoms with Gasteiger partial charge in [0.1, 0.15) is 6.10 Å². The van der Waals surface area contributed by atoms with Crippen molar-refractivity contribution >= 4 is 46.1 Å². The summed E-state index contributed by atoms with van der Waals surface area (Å²) in [5.74, 6) is -0.865. The van der Waals surface area contributed by atoms with Gasteiger partial charge in [0, 0.05) is 23.5 Å².